The molecule has 3 N–H and O–H groups in total. The van der Waals surface area contributed by atoms with Crippen LogP contribution in [-0.4, -0.2) is 22.2 Å². The molecule has 0 aliphatic heterocycles. The summed E-state index contributed by atoms with van der Waals surface area (Å²) in [7, 11) is -1.40. The zero-order chi connectivity index (χ0) is 13.1. The molecule has 0 fully saturated rings. The van der Waals surface area contributed by atoms with E-state index in [4.69, 9.17) is 10.0 Å². The van der Waals surface area contributed by atoms with Crippen LogP contribution in [-0.2, 0) is 6.42 Å². The molecule has 0 bridgehead atoms. The van der Waals surface area contributed by atoms with Gasteiger partial charge in [0.2, 0.25) is 0 Å². The van der Waals surface area contributed by atoms with Crippen LogP contribution in [0.4, 0.5) is 0 Å². The maximum absolute atomic E-state index is 9.11. The number of allylic oxidation sites excluding steroid dienone is 1. The fourth-order valence-corrected chi connectivity index (χ4v) is 2.30. The number of aromatic nitrogens is 1. The van der Waals surface area contributed by atoms with Crippen molar-refractivity contribution < 1.29 is 10.0 Å². The van der Waals surface area contributed by atoms with E-state index in [1.165, 1.54) is 10.9 Å². The Kier molecular flexibility index (Phi) is 3.89. The van der Waals surface area contributed by atoms with Crippen molar-refractivity contribution in [3.63, 3.8) is 0 Å². The van der Waals surface area contributed by atoms with Crippen LogP contribution in [0.15, 0.2) is 24.3 Å². The number of hydrogen-bond donors (Lipinski definition) is 3. The molecule has 1 aliphatic carbocycles. The molecule has 0 saturated carbocycles. The fourth-order valence-electron chi connectivity index (χ4n) is 2.30. The van der Waals surface area contributed by atoms with Crippen LogP contribution in [0, 0.1) is 0 Å². The van der Waals surface area contributed by atoms with Crippen molar-refractivity contribution >= 4 is 29.6 Å². The van der Waals surface area contributed by atoms with Crippen LogP contribution in [0.25, 0.3) is 17.0 Å². The number of benzene rings is 1. The summed E-state index contributed by atoms with van der Waals surface area (Å²) in [5.41, 5.74) is 3.97. The lowest BCUT2D eigenvalue weighted by atomic mass is 9.80. The van der Waals surface area contributed by atoms with Crippen LogP contribution in [0.2, 0.25) is 0 Å². The second-order valence-corrected chi connectivity index (χ2v) is 4.14. The maximum Gasteiger partial charge on any atom is 0.488 e. The van der Waals surface area contributed by atoms with E-state index < -0.39 is 7.12 Å². The predicted molar refractivity (Wildman–Crippen MR) is 76.8 cm³/mol. The SMILES string of the molecule is CC.OB(O)c1ccc2c3c([nH]c2c1)C=CCC3. The summed E-state index contributed by atoms with van der Waals surface area (Å²) in [6.45, 7) is 4.00. The van der Waals surface area contributed by atoms with Crippen LogP contribution in [0.5, 0.6) is 0 Å². The molecule has 0 atom stereocenters. The summed E-state index contributed by atoms with van der Waals surface area (Å²) in [5, 5.41) is 19.4. The Morgan fingerprint density at radius 2 is 2.00 bits per heavy atom. The summed E-state index contributed by atoms with van der Waals surface area (Å²) in [6, 6.07) is 5.52. The molecule has 18 heavy (non-hydrogen) atoms. The number of aryl methyl sites for hydroxylation is 1. The zero-order valence-corrected chi connectivity index (χ0v) is 10.8. The first-order valence-corrected chi connectivity index (χ1v) is 6.43. The highest BCUT2D eigenvalue weighted by atomic mass is 16.4. The van der Waals surface area contributed by atoms with Gasteiger partial charge in [0.15, 0.2) is 0 Å². The minimum atomic E-state index is -1.40. The Hall–Kier alpha value is -1.52. The van der Waals surface area contributed by atoms with E-state index in [9.17, 15) is 0 Å². The standard InChI is InChI=1S/C12H12BNO2.C2H6/c15-13(16)8-5-6-10-9-3-1-2-4-11(9)14-12(10)7-8;1-2/h2,4-7,14-16H,1,3H2;1-2H3. The topological polar surface area (TPSA) is 56.2 Å². The number of H-pyrrole nitrogens is 1. The van der Waals surface area contributed by atoms with Crippen molar-refractivity contribution in [3.05, 3.63) is 35.5 Å². The first-order chi connectivity index (χ1) is 8.75. The number of rotatable bonds is 1. The van der Waals surface area contributed by atoms with E-state index >= 15 is 0 Å². The van der Waals surface area contributed by atoms with Gasteiger partial charge in [-0.2, -0.15) is 0 Å². The van der Waals surface area contributed by atoms with Crippen molar-refractivity contribution in [1.29, 1.82) is 0 Å². The van der Waals surface area contributed by atoms with Gasteiger partial charge in [0.1, 0.15) is 0 Å². The van der Waals surface area contributed by atoms with E-state index in [0.29, 0.717) is 5.46 Å². The first kappa shape index (κ1) is 12.9. The van der Waals surface area contributed by atoms with Gasteiger partial charge in [-0.15, -0.1) is 0 Å². The van der Waals surface area contributed by atoms with Gasteiger partial charge in [-0.1, -0.05) is 32.1 Å². The highest BCUT2D eigenvalue weighted by Gasteiger charge is 2.15. The quantitative estimate of drug-likeness (QED) is 0.669. The minimum absolute atomic E-state index is 0.523. The Bertz CT molecular complexity index is 572. The molecule has 0 radical (unpaired) electrons. The van der Waals surface area contributed by atoms with Gasteiger partial charge in [0.25, 0.3) is 0 Å². The molecule has 1 aromatic heterocycles. The molecule has 4 heteroatoms. The third kappa shape index (κ3) is 2.21. The van der Waals surface area contributed by atoms with E-state index in [2.05, 4.69) is 17.1 Å². The molecule has 1 heterocycles. The van der Waals surface area contributed by atoms with Crippen LogP contribution in [0.3, 0.4) is 0 Å². The van der Waals surface area contributed by atoms with Crippen molar-refractivity contribution in [2.75, 3.05) is 0 Å². The lowest BCUT2D eigenvalue weighted by Gasteiger charge is -2.04. The molecular formula is C14H18BNO2. The highest BCUT2D eigenvalue weighted by Crippen LogP contribution is 2.27. The Balaban J connectivity index is 0.000000574. The summed E-state index contributed by atoms with van der Waals surface area (Å²) < 4.78 is 0. The lowest BCUT2D eigenvalue weighted by molar-refractivity contribution is 0.426. The Morgan fingerprint density at radius 3 is 2.72 bits per heavy atom. The van der Waals surface area contributed by atoms with E-state index in [-0.39, 0.29) is 0 Å². The number of nitrogens with one attached hydrogen (secondary N) is 1. The molecule has 1 aliphatic rings. The van der Waals surface area contributed by atoms with Crippen molar-refractivity contribution in [1.82, 2.24) is 4.98 Å². The van der Waals surface area contributed by atoms with Gasteiger partial charge in [0.05, 0.1) is 0 Å². The monoisotopic (exact) mass is 243 g/mol. The molecule has 0 amide bonds. The maximum atomic E-state index is 9.11. The number of hydrogen-bond acceptors (Lipinski definition) is 2. The number of fused-ring (bicyclic) bond motifs is 3. The fraction of sp³-hybridized carbons (Fsp3) is 0.286. The van der Waals surface area contributed by atoms with Crippen molar-refractivity contribution in [2.24, 2.45) is 0 Å². The molecule has 0 unspecified atom stereocenters. The molecule has 1 aromatic carbocycles. The number of aromatic amines is 1. The molecule has 3 nitrogen and oxygen atoms in total. The summed E-state index contributed by atoms with van der Waals surface area (Å²) in [4.78, 5) is 3.30. The van der Waals surface area contributed by atoms with E-state index in [1.54, 1.807) is 12.1 Å². The molecule has 2 aromatic rings. The second kappa shape index (κ2) is 5.42. The Labute approximate surface area is 107 Å². The van der Waals surface area contributed by atoms with Crippen LogP contribution in [0.1, 0.15) is 31.5 Å². The third-order valence-corrected chi connectivity index (χ3v) is 3.11. The lowest BCUT2D eigenvalue weighted by Crippen LogP contribution is -2.29. The normalized spacial score (nSPS) is 12.9. The van der Waals surface area contributed by atoms with Gasteiger partial charge >= 0.3 is 7.12 Å². The first-order valence-electron chi connectivity index (χ1n) is 6.43. The largest absolute Gasteiger partial charge is 0.488 e. The smallest absolute Gasteiger partial charge is 0.423 e. The van der Waals surface area contributed by atoms with Gasteiger partial charge in [-0.05, 0) is 36.0 Å². The molecule has 94 valence electrons. The zero-order valence-electron chi connectivity index (χ0n) is 10.8. The molecule has 3 rings (SSSR count). The van der Waals surface area contributed by atoms with Crippen molar-refractivity contribution in [2.45, 2.75) is 26.7 Å². The summed E-state index contributed by atoms with van der Waals surface area (Å²) >= 11 is 0. The third-order valence-electron chi connectivity index (χ3n) is 3.11. The second-order valence-electron chi connectivity index (χ2n) is 4.14. The van der Waals surface area contributed by atoms with Gasteiger partial charge < -0.3 is 15.0 Å². The predicted octanol–water partition coefficient (Wildman–Crippen LogP) is 1.83. The minimum Gasteiger partial charge on any atom is -0.423 e. The van der Waals surface area contributed by atoms with E-state index in [1.807, 2.05) is 19.9 Å². The van der Waals surface area contributed by atoms with Crippen molar-refractivity contribution in [3.8, 4) is 0 Å². The molecular weight excluding hydrogens is 225 g/mol. The van der Waals surface area contributed by atoms with Crippen LogP contribution < -0.4 is 5.46 Å². The molecule has 0 spiro atoms. The molecule has 0 saturated heterocycles. The van der Waals surface area contributed by atoms with Gasteiger partial charge in [0, 0.05) is 16.6 Å². The average Bonchev–Trinajstić information content (AvgIpc) is 2.78. The summed E-state index contributed by atoms with van der Waals surface area (Å²) in [6.07, 6.45) is 6.37. The van der Waals surface area contributed by atoms with Gasteiger partial charge in [-0.3, -0.25) is 0 Å². The Morgan fingerprint density at radius 1 is 1.22 bits per heavy atom. The summed E-state index contributed by atoms with van der Waals surface area (Å²) in [5.74, 6) is 0. The van der Waals surface area contributed by atoms with Gasteiger partial charge in [-0.25, -0.2) is 0 Å². The highest BCUT2D eigenvalue weighted by molar-refractivity contribution is 6.58. The average molecular weight is 243 g/mol. The van der Waals surface area contributed by atoms with E-state index in [0.717, 1.165) is 24.1 Å². The van der Waals surface area contributed by atoms with Crippen LogP contribution >= 0.6 is 0 Å².